The summed E-state index contributed by atoms with van der Waals surface area (Å²) in [6.45, 7) is 10.3. The van der Waals surface area contributed by atoms with E-state index in [1.54, 1.807) is 0 Å². The highest BCUT2D eigenvalue weighted by molar-refractivity contribution is 5.68. The molecule has 1 saturated heterocycles. The van der Waals surface area contributed by atoms with Crippen molar-refractivity contribution in [1.82, 2.24) is 10.4 Å². The molecule has 1 amide bonds. The third kappa shape index (κ3) is 2.88. The zero-order chi connectivity index (χ0) is 10.3. The lowest BCUT2D eigenvalue weighted by Crippen LogP contribution is -2.70. The number of carbonyl (C=O) groups is 1. The van der Waals surface area contributed by atoms with Crippen LogP contribution in [0.2, 0.25) is 0 Å². The molecule has 0 bridgehead atoms. The van der Waals surface area contributed by atoms with Crippen molar-refractivity contribution < 1.29 is 9.53 Å². The summed E-state index contributed by atoms with van der Waals surface area (Å²) in [5, 5.41) is 1.49. The number of hydrogen-bond acceptors (Lipinski definition) is 3. The summed E-state index contributed by atoms with van der Waals surface area (Å²) in [6.07, 6.45) is -0.299. The van der Waals surface area contributed by atoms with Crippen LogP contribution in [0.15, 0.2) is 0 Å². The van der Waals surface area contributed by atoms with E-state index in [9.17, 15) is 4.79 Å². The zero-order valence-corrected chi connectivity index (χ0v) is 8.97. The van der Waals surface area contributed by atoms with E-state index in [-0.39, 0.29) is 11.6 Å². The summed E-state index contributed by atoms with van der Waals surface area (Å²) in [4.78, 5) is 11.4. The molecule has 0 atom stereocenters. The van der Waals surface area contributed by atoms with Crippen molar-refractivity contribution in [3.05, 3.63) is 0 Å². The van der Waals surface area contributed by atoms with Crippen LogP contribution in [0.25, 0.3) is 0 Å². The van der Waals surface area contributed by atoms with Crippen molar-refractivity contribution in [2.45, 2.75) is 45.8 Å². The zero-order valence-electron chi connectivity index (χ0n) is 8.97. The second kappa shape index (κ2) is 2.87. The molecule has 1 heterocycles. The monoisotopic (exact) mass is 186 g/mol. The maximum absolute atomic E-state index is 11.4. The van der Waals surface area contributed by atoms with E-state index < -0.39 is 5.60 Å². The van der Waals surface area contributed by atoms with Gasteiger partial charge < -0.3 is 4.74 Å². The fraction of sp³-hybridized carbons (Fsp3) is 0.889. The van der Waals surface area contributed by atoms with Gasteiger partial charge >= 0.3 is 6.09 Å². The van der Waals surface area contributed by atoms with Crippen LogP contribution in [-0.2, 0) is 4.74 Å². The highest BCUT2D eigenvalue weighted by Crippen LogP contribution is 2.18. The second-order valence-corrected chi connectivity index (χ2v) is 5.06. The van der Waals surface area contributed by atoms with Gasteiger partial charge in [0.15, 0.2) is 0 Å². The smallest absolute Gasteiger partial charge is 0.424 e. The van der Waals surface area contributed by atoms with Crippen molar-refractivity contribution in [3.8, 4) is 0 Å². The van der Waals surface area contributed by atoms with Gasteiger partial charge in [0.2, 0.25) is 0 Å². The Bertz CT molecular complexity index is 210. The SMILES string of the molecule is CC1(C)CN(C(=O)OC(C)(C)C)N1. The van der Waals surface area contributed by atoms with Gasteiger partial charge in [-0.3, -0.25) is 0 Å². The van der Waals surface area contributed by atoms with Crippen molar-refractivity contribution in [1.29, 1.82) is 0 Å². The van der Waals surface area contributed by atoms with Gasteiger partial charge in [-0.2, -0.15) is 0 Å². The van der Waals surface area contributed by atoms with Crippen LogP contribution in [0.3, 0.4) is 0 Å². The minimum Gasteiger partial charge on any atom is -0.443 e. The third-order valence-electron chi connectivity index (χ3n) is 1.60. The molecule has 0 aromatic rings. The molecule has 0 aromatic carbocycles. The molecule has 1 aliphatic heterocycles. The Hall–Kier alpha value is -0.770. The number of nitrogens with zero attached hydrogens (tertiary/aromatic N) is 1. The molecule has 4 nitrogen and oxygen atoms in total. The topological polar surface area (TPSA) is 41.6 Å². The van der Waals surface area contributed by atoms with Gasteiger partial charge in [0.05, 0.1) is 12.1 Å². The van der Waals surface area contributed by atoms with Gasteiger partial charge in [0.25, 0.3) is 0 Å². The first-order valence-corrected chi connectivity index (χ1v) is 4.48. The van der Waals surface area contributed by atoms with Gasteiger partial charge in [-0.05, 0) is 34.6 Å². The van der Waals surface area contributed by atoms with Crippen molar-refractivity contribution in [2.24, 2.45) is 0 Å². The summed E-state index contributed by atoms with van der Waals surface area (Å²) in [7, 11) is 0. The first-order chi connectivity index (χ1) is 5.70. The maximum Gasteiger partial charge on any atom is 0.424 e. The molecule has 0 radical (unpaired) electrons. The minimum absolute atomic E-state index is 0.0247. The molecule has 0 spiro atoms. The van der Waals surface area contributed by atoms with Crippen molar-refractivity contribution in [3.63, 3.8) is 0 Å². The van der Waals surface area contributed by atoms with Crippen molar-refractivity contribution >= 4 is 6.09 Å². The summed E-state index contributed by atoms with van der Waals surface area (Å²) in [6, 6.07) is 0. The van der Waals surface area contributed by atoms with Crippen LogP contribution < -0.4 is 5.43 Å². The summed E-state index contributed by atoms with van der Waals surface area (Å²) >= 11 is 0. The number of hydrazine groups is 1. The molecule has 1 N–H and O–H groups in total. The van der Waals surface area contributed by atoms with Gasteiger partial charge in [0, 0.05) is 0 Å². The predicted molar refractivity (Wildman–Crippen MR) is 50.2 cm³/mol. The van der Waals surface area contributed by atoms with Gasteiger partial charge in [0.1, 0.15) is 5.60 Å². The number of rotatable bonds is 0. The van der Waals surface area contributed by atoms with E-state index in [0.717, 1.165) is 0 Å². The summed E-state index contributed by atoms with van der Waals surface area (Å²) < 4.78 is 5.16. The summed E-state index contributed by atoms with van der Waals surface area (Å²) in [5.41, 5.74) is 2.61. The number of nitrogens with one attached hydrogen (secondary N) is 1. The standard InChI is InChI=1S/C9H18N2O2/c1-8(2,3)13-7(12)11-6-9(4,5)10-11/h10H,6H2,1-5H3. The van der Waals surface area contributed by atoms with E-state index in [2.05, 4.69) is 5.43 Å². The van der Waals surface area contributed by atoms with Crippen LogP contribution in [0.5, 0.6) is 0 Å². The average molecular weight is 186 g/mol. The van der Waals surface area contributed by atoms with Crippen molar-refractivity contribution in [2.75, 3.05) is 6.54 Å². The molecule has 13 heavy (non-hydrogen) atoms. The molecule has 76 valence electrons. The molecular formula is C9H18N2O2. The molecule has 4 heteroatoms. The van der Waals surface area contributed by atoms with E-state index >= 15 is 0 Å². The Morgan fingerprint density at radius 2 is 1.92 bits per heavy atom. The van der Waals surface area contributed by atoms with Crippen LogP contribution in [0, 0.1) is 0 Å². The molecule has 0 saturated carbocycles. The van der Waals surface area contributed by atoms with Crippen LogP contribution >= 0.6 is 0 Å². The molecule has 1 aliphatic rings. The number of hydrogen-bond donors (Lipinski definition) is 1. The number of amides is 1. The Labute approximate surface area is 79.2 Å². The predicted octanol–water partition coefficient (Wildman–Crippen LogP) is 1.52. The highest BCUT2D eigenvalue weighted by Gasteiger charge is 2.38. The van der Waals surface area contributed by atoms with Crippen LogP contribution in [-0.4, -0.2) is 28.8 Å². The quantitative estimate of drug-likeness (QED) is 0.623. The van der Waals surface area contributed by atoms with E-state index in [1.807, 2.05) is 34.6 Å². The van der Waals surface area contributed by atoms with Crippen LogP contribution in [0.1, 0.15) is 34.6 Å². The highest BCUT2D eigenvalue weighted by atomic mass is 16.6. The van der Waals surface area contributed by atoms with E-state index in [4.69, 9.17) is 4.74 Å². The lowest BCUT2D eigenvalue weighted by molar-refractivity contribution is -0.0433. The first-order valence-electron chi connectivity index (χ1n) is 4.48. The third-order valence-corrected chi connectivity index (χ3v) is 1.60. The fourth-order valence-corrected chi connectivity index (χ4v) is 1.17. The largest absolute Gasteiger partial charge is 0.443 e. The van der Waals surface area contributed by atoms with Crippen LogP contribution in [0.4, 0.5) is 4.79 Å². The van der Waals surface area contributed by atoms with Gasteiger partial charge in [-0.25, -0.2) is 15.2 Å². The molecule has 1 fully saturated rings. The lowest BCUT2D eigenvalue weighted by atomic mass is 10.0. The average Bonchev–Trinajstić information content (AvgIpc) is 1.77. The molecule has 0 aromatic heterocycles. The first kappa shape index (κ1) is 10.3. The minimum atomic E-state index is -0.418. The molecular weight excluding hydrogens is 168 g/mol. The number of carbonyl (C=O) groups excluding carboxylic acids is 1. The Morgan fingerprint density at radius 3 is 2.23 bits per heavy atom. The fourth-order valence-electron chi connectivity index (χ4n) is 1.17. The second-order valence-electron chi connectivity index (χ2n) is 5.06. The van der Waals surface area contributed by atoms with Gasteiger partial charge in [-0.15, -0.1) is 0 Å². The lowest BCUT2D eigenvalue weighted by Gasteiger charge is -2.46. The Kier molecular flexibility index (Phi) is 2.28. The molecule has 0 unspecified atom stereocenters. The molecule has 0 aliphatic carbocycles. The number of ether oxygens (including phenoxy) is 1. The maximum atomic E-state index is 11.4. The Morgan fingerprint density at radius 1 is 1.46 bits per heavy atom. The molecule has 1 rings (SSSR count). The summed E-state index contributed by atoms with van der Waals surface area (Å²) in [5.74, 6) is 0. The van der Waals surface area contributed by atoms with E-state index in [0.29, 0.717) is 6.54 Å². The normalized spacial score (nSPS) is 20.8. The van der Waals surface area contributed by atoms with Gasteiger partial charge in [-0.1, -0.05) is 0 Å². The van der Waals surface area contributed by atoms with E-state index in [1.165, 1.54) is 5.01 Å². The Balaban J connectivity index is 2.36.